The molecule has 13 heavy (non-hydrogen) atoms. The molecule has 0 aliphatic heterocycles. The van der Waals surface area contributed by atoms with E-state index in [1.54, 1.807) is 11.5 Å². The molecule has 7 heteroatoms. The molecule has 0 heterocycles. The number of hydrogen-bond donors (Lipinski definition) is 3. The summed E-state index contributed by atoms with van der Waals surface area (Å²) in [5, 5.41) is 8.51. The van der Waals surface area contributed by atoms with Crippen molar-refractivity contribution in [2.45, 2.75) is 0 Å². The van der Waals surface area contributed by atoms with Gasteiger partial charge in [-0.2, -0.15) is 8.42 Å². The average Bonchev–Trinajstić information content (AvgIpc) is 2.02. The Hall–Kier alpha value is -1.31. The predicted octanol–water partition coefficient (Wildman–Crippen LogP) is 0.669. The summed E-state index contributed by atoms with van der Waals surface area (Å²) in [4.78, 5) is 0. The summed E-state index contributed by atoms with van der Waals surface area (Å²) in [6.45, 7) is 0. The summed E-state index contributed by atoms with van der Waals surface area (Å²) in [5.74, 6) is -0.187. The fraction of sp³-hybridized carbons (Fsp3) is 0. The Morgan fingerprint density at radius 3 is 2.46 bits per heavy atom. The van der Waals surface area contributed by atoms with Crippen molar-refractivity contribution in [3.63, 3.8) is 0 Å². The number of benzene rings is 1. The maximum Gasteiger partial charge on any atom is 0.446 e. The van der Waals surface area contributed by atoms with Crippen molar-refractivity contribution in [3.8, 4) is 5.75 Å². The lowest BCUT2D eigenvalue weighted by Gasteiger charge is -2.05. The summed E-state index contributed by atoms with van der Waals surface area (Å²) in [5.41, 5.74) is 1.76. The summed E-state index contributed by atoms with van der Waals surface area (Å²) in [6, 6.07) is 5.68. The highest BCUT2D eigenvalue weighted by atomic mass is 32.3. The van der Waals surface area contributed by atoms with Crippen molar-refractivity contribution in [2.24, 2.45) is 0 Å². The lowest BCUT2D eigenvalue weighted by Crippen LogP contribution is -2.08. The SMILES string of the molecule is O=S(=O)(O)Oc1ccccc1NO. The predicted molar refractivity (Wildman–Crippen MR) is 44.0 cm³/mol. The van der Waals surface area contributed by atoms with Crippen LogP contribution >= 0.6 is 0 Å². The molecule has 1 rings (SSSR count). The second-order valence-corrected chi connectivity index (χ2v) is 3.14. The van der Waals surface area contributed by atoms with E-state index in [0.29, 0.717) is 0 Å². The van der Waals surface area contributed by atoms with Gasteiger partial charge in [-0.15, -0.1) is 0 Å². The van der Waals surface area contributed by atoms with E-state index < -0.39 is 10.4 Å². The first-order valence-electron chi connectivity index (χ1n) is 3.19. The molecular weight excluding hydrogens is 198 g/mol. The first kappa shape index (κ1) is 9.78. The van der Waals surface area contributed by atoms with Crippen molar-refractivity contribution in [1.29, 1.82) is 0 Å². The highest BCUT2D eigenvalue weighted by molar-refractivity contribution is 7.81. The van der Waals surface area contributed by atoms with Gasteiger partial charge in [0.25, 0.3) is 0 Å². The molecule has 0 saturated carbocycles. The normalized spacial score (nSPS) is 10.9. The van der Waals surface area contributed by atoms with E-state index in [4.69, 9.17) is 9.76 Å². The zero-order valence-electron chi connectivity index (χ0n) is 6.34. The van der Waals surface area contributed by atoms with Crippen LogP contribution in [0.15, 0.2) is 24.3 Å². The molecule has 0 aliphatic carbocycles. The monoisotopic (exact) mass is 205 g/mol. The summed E-state index contributed by atoms with van der Waals surface area (Å²) in [6.07, 6.45) is 0. The van der Waals surface area contributed by atoms with Crippen molar-refractivity contribution in [1.82, 2.24) is 0 Å². The van der Waals surface area contributed by atoms with Crippen LogP contribution in [0.4, 0.5) is 5.69 Å². The largest absolute Gasteiger partial charge is 0.446 e. The molecule has 0 radical (unpaired) electrons. The molecule has 1 aromatic carbocycles. The van der Waals surface area contributed by atoms with E-state index in [2.05, 4.69) is 4.18 Å². The minimum Gasteiger partial charge on any atom is -0.359 e. The van der Waals surface area contributed by atoms with Gasteiger partial charge in [0.2, 0.25) is 0 Å². The molecule has 0 aliphatic rings. The summed E-state index contributed by atoms with van der Waals surface area (Å²) >= 11 is 0. The topological polar surface area (TPSA) is 95.9 Å². The van der Waals surface area contributed by atoms with Crippen molar-refractivity contribution in [3.05, 3.63) is 24.3 Å². The third-order valence-corrected chi connectivity index (χ3v) is 1.59. The first-order valence-corrected chi connectivity index (χ1v) is 4.55. The van der Waals surface area contributed by atoms with Gasteiger partial charge < -0.3 is 4.18 Å². The second kappa shape index (κ2) is 3.60. The molecule has 3 N–H and O–H groups in total. The standard InChI is InChI=1S/C6H7NO5S/c8-7-5-3-1-2-4-6(5)12-13(9,10)11/h1-4,7-8H,(H,9,10,11). The summed E-state index contributed by atoms with van der Waals surface area (Å²) in [7, 11) is -4.56. The molecule has 1 aromatic rings. The Labute approximate surface area is 74.7 Å². The number of rotatable bonds is 3. The van der Waals surface area contributed by atoms with Crippen LogP contribution in [0.3, 0.4) is 0 Å². The maximum atomic E-state index is 10.3. The zero-order chi connectivity index (χ0) is 9.90. The highest BCUT2D eigenvalue weighted by Gasteiger charge is 2.09. The molecule has 0 fully saturated rings. The van der Waals surface area contributed by atoms with Gasteiger partial charge in [-0.05, 0) is 12.1 Å². The molecule has 6 nitrogen and oxygen atoms in total. The van der Waals surface area contributed by atoms with E-state index in [1.165, 1.54) is 18.2 Å². The molecule has 0 atom stereocenters. The van der Waals surface area contributed by atoms with Crippen LogP contribution in [0.1, 0.15) is 0 Å². The van der Waals surface area contributed by atoms with E-state index >= 15 is 0 Å². The Bertz CT molecular complexity index is 388. The maximum absolute atomic E-state index is 10.3. The quantitative estimate of drug-likeness (QED) is 0.495. The fourth-order valence-electron chi connectivity index (χ4n) is 0.745. The van der Waals surface area contributed by atoms with Crippen molar-refractivity contribution in [2.75, 3.05) is 5.48 Å². The number of hydrogen-bond acceptors (Lipinski definition) is 5. The molecule has 0 spiro atoms. The van der Waals surface area contributed by atoms with Crippen LogP contribution in [0.2, 0.25) is 0 Å². The average molecular weight is 205 g/mol. The fourth-order valence-corrected chi connectivity index (χ4v) is 1.12. The number of para-hydroxylation sites is 2. The smallest absolute Gasteiger partial charge is 0.359 e. The van der Waals surface area contributed by atoms with Gasteiger partial charge in [0.05, 0.1) is 0 Å². The van der Waals surface area contributed by atoms with Crippen molar-refractivity contribution < 1.29 is 22.4 Å². The van der Waals surface area contributed by atoms with Crippen LogP contribution in [-0.2, 0) is 10.4 Å². The lowest BCUT2D eigenvalue weighted by atomic mass is 10.3. The van der Waals surface area contributed by atoms with Crippen LogP contribution in [0.25, 0.3) is 0 Å². The van der Waals surface area contributed by atoms with Gasteiger partial charge in [0.1, 0.15) is 5.69 Å². The molecule has 72 valence electrons. The second-order valence-electron chi connectivity index (χ2n) is 2.12. The molecule has 0 unspecified atom stereocenters. The first-order chi connectivity index (χ1) is 6.03. The molecule has 0 aromatic heterocycles. The lowest BCUT2D eigenvalue weighted by molar-refractivity contribution is 0.373. The Kier molecular flexibility index (Phi) is 2.71. The van der Waals surface area contributed by atoms with Crippen LogP contribution in [0.5, 0.6) is 5.75 Å². The Morgan fingerprint density at radius 1 is 1.31 bits per heavy atom. The molecule has 0 bridgehead atoms. The van der Waals surface area contributed by atoms with E-state index in [-0.39, 0.29) is 11.4 Å². The van der Waals surface area contributed by atoms with E-state index in [9.17, 15) is 8.42 Å². The van der Waals surface area contributed by atoms with Gasteiger partial charge in [-0.3, -0.25) is 15.2 Å². The Balaban J connectivity index is 3.01. The van der Waals surface area contributed by atoms with Crippen LogP contribution in [0, 0.1) is 0 Å². The van der Waals surface area contributed by atoms with Gasteiger partial charge in [-0.25, -0.2) is 0 Å². The third-order valence-electron chi connectivity index (χ3n) is 1.20. The van der Waals surface area contributed by atoms with E-state index in [0.717, 1.165) is 0 Å². The van der Waals surface area contributed by atoms with Gasteiger partial charge >= 0.3 is 10.4 Å². The van der Waals surface area contributed by atoms with Gasteiger partial charge in [0, 0.05) is 0 Å². The van der Waals surface area contributed by atoms with Gasteiger partial charge in [0.15, 0.2) is 5.75 Å². The van der Waals surface area contributed by atoms with E-state index in [1.807, 2.05) is 0 Å². The number of anilines is 1. The third kappa shape index (κ3) is 2.90. The van der Waals surface area contributed by atoms with Crippen LogP contribution < -0.4 is 9.66 Å². The molecular formula is C6H7NO5S. The van der Waals surface area contributed by atoms with Crippen LogP contribution in [-0.4, -0.2) is 18.2 Å². The van der Waals surface area contributed by atoms with Crippen molar-refractivity contribution >= 4 is 16.1 Å². The summed E-state index contributed by atoms with van der Waals surface area (Å²) < 4.78 is 33.0. The molecule has 0 saturated heterocycles. The Morgan fingerprint density at radius 2 is 1.92 bits per heavy atom. The highest BCUT2D eigenvalue weighted by Crippen LogP contribution is 2.23. The molecule has 0 amide bonds. The minimum atomic E-state index is -4.56. The zero-order valence-corrected chi connectivity index (χ0v) is 7.15. The number of nitrogens with one attached hydrogen (secondary N) is 1. The van der Waals surface area contributed by atoms with Gasteiger partial charge in [-0.1, -0.05) is 12.1 Å². The minimum absolute atomic E-state index is 0.0418.